The zero-order valence-electron chi connectivity index (χ0n) is 15.1. The smallest absolute Gasteiger partial charge is 0.191 e. The van der Waals surface area contributed by atoms with Crippen LogP contribution in [0, 0.1) is 6.92 Å². The average Bonchev–Trinajstić information content (AvgIpc) is 2.93. The van der Waals surface area contributed by atoms with Crippen LogP contribution in [0.2, 0.25) is 0 Å². The molecule has 0 radical (unpaired) electrons. The van der Waals surface area contributed by atoms with Gasteiger partial charge in [0.15, 0.2) is 5.96 Å². The summed E-state index contributed by atoms with van der Waals surface area (Å²) in [6.45, 7) is 12.9. The normalized spacial score (nSPS) is 12.9. The Morgan fingerprint density at radius 1 is 1.39 bits per heavy atom. The second kappa shape index (κ2) is 12.9. The molecular weight excluding hydrogens is 421 g/mol. The second-order valence-corrected chi connectivity index (χ2v) is 6.81. The Kier molecular flexibility index (Phi) is 12.7. The summed E-state index contributed by atoms with van der Waals surface area (Å²) >= 11 is 1.72. The van der Waals surface area contributed by atoms with E-state index < -0.39 is 0 Å². The predicted molar refractivity (Wildman–Crippen MR) is 112 cm³/mol. The summed E-state index contributed by atoms with van der Waals surface area (Å²) in [6.07, 6.45) is 4.28. The Morgan fingerprint density at radius 3 is 2.61 bits per heavy atom. The average molecular weight is 453 g/mol. The van der Waals surface area contributed by atoms with E-state index in [-0.39, 0.29) is 24.0 Å². The van der Waals surface area contributed by atoms with E-state index in [0.717, 1.165) is 37.0 Å². The zero-order valence-corrected chi connectivity index (χ0v) is 18.2. The van der Waals surface area contributed by atoms with Crippen LogP contribution in [0.1, 0.15) is 43.5 Å². The summed E-state index contributed by atoms with van der Waals surface area (Å²) in [5.41, 5.74) is 0. The van der Waals surface area contributed by atoms with E-state index in [0.29, 0.717) is 6.04 Å². The van der Waals surface area contributed by atoms with Gasteiger partial charge < -0.3 is 15.5 Å². The van der Waals surface area contributed by atoms with E-state index in [1.807, 2.05) is 20.2 Å². The van der Waals surface area contributed by atoms with Crippen molar-refractivity contribution >= 4 is 41.3 Å². The number of hydrogen-bond acceptors (Lipinski definition) is 4. The molecule has 0 saturated heterocycles. The number of thiazole rings is 1. The molecule has 0 aromatic carbocycles. The van der Waals surface area contributed by atoms with Crippen molar-refractivity contribution in [2.45, 2.75) is 53.1 Å². The monoisotopic (exact) mass is 453 g/mol. The van der Waals surface area contributed by atoms with Crippen LogP contribution in [-0.4, -0.2) is 48.6 Å². The highest BCUT2D eigenvalue weighted by molar-refractivity contribution is 14.0. The van der Waals surface area contributed by atoms with Gasteiger partial charge in [0.05, 0.1) is 11.6 Å². The van der Waals surface area contributed by atoms with Crippen molar-refractivity contribution in [2.75, 3.05) is 26.7 Å². The lowest BCUT2D eigenvalue weighted by Gasteiger charge is -2.21. The number of halogens is 1. The predicted octanol–water partition coefficient (Wildman–Crippen LogP) is 3.25. The van der Waals surface area contributed by atoms with E-state index in [1.165, 1.54) is 17.8 Å². The minimum Gasteiger partial charge on any atom is -0.354 e. The van der Waals surface area contributed by atoms with Crippen molar-refractivity contribution in [1.82, 2.24) is 20.5 Å². The first-order valence-electron chi connectivity index (χ1n) is 8.19. The first-order chi connectivity index (χ1) is 10.6. The molecule has 1 atom stereocenters. The molecule has 2 N–H and O–H groups in total. The zero-order chi connectivity index (χ0) is 16.4. The SMILES string of the molecule is CCN(CC)CCCC(C)NC(=NC)NCc1cnc(C)s1.I. The molecule has 23 heavy (non-hydrogen) atoms. The first-order valence-corrected chi connectivity index (χ1v) is 9.01. The second-order valence-electron chi connectivity index (χ2n) is 5.49. The molecule has 1 aromatic heterocycles. The maximum atomic E-state index is 4.29. The Morgan fingerprint density at radius 2 is 2.09 bits per heavy atom. The number of rotatable bonds is 9. The van der Waals surface area contributed by atoms with Crippen LogP contribution >= 0.6 is 35.3 Å². The molecule has 134 valence electrons. The molecule has 0 bridgehead atoms. The lowest BCUT2D eigenvalue weighted by Crippen LogP contribution is -2.42. The summed E-state index contributed by atoms with van der Waals surface area (Å²) in [5, 5.41) is 7.91. The Bertz CT molecular complexity index is 445. The Hall–Kier alpha value is -0.410. The summed E-state index contributed by atoms with van der Waals surface area (Å²) in [4.78, 5) is 12.3. The van der Waals surface area contributed by atoms with Gasteiger partial charge in [-0.05, 0) is 46.3 Å². The van der Waals surface area contributed by atoms with E-state index in [4.69, 9.17) is 0 Å². The quantitative estimate of drug-likeness (QED) is 0.343. The van der Waals surface area contributed by atoms with Gasteiger partial charge in [-0.3, -0.25) is 4.99 Å². The van der Waals surface area contributed by atoms with Gasteiger partial charge in [0.2, 0.25) is 0 Å². The van der Waals surface area contributed by atoms with Crippen LogP contribution < -0.4 is 10.6 Å². The van der Waals surface area contributed by atoms with Crippen LogP contribution in [0.3, 0.4) is 0 Å². The molecule has 0 aliphatic carbocycles. The van der Waals surface area contributed by atoms with Gasteiger partial charge in [0, 0.05) is 24.2 Å². The van der Waals surface area contributed by atoms with Gasteiger partial charge in [0.1, 0.15) is 0 Å². The van der Waals surface area contributed by atoms with Crippen molar-refractivity contribution in [1.29, 1.82) is 0 Å². The van der Waals surface area contributed by atoms with Gasteiger partial charge >= 0.3 is 0 Å². The van der Waals surface area contributed by atoms with Crippen LogP contribution in [0.15, 0.2) is 11.2 Å². The van der Waals surface area contributed by atoms with Crippen molar-refractivity contribution in [3.8, 4) is 0 Å². The summed E-state index contributed by atoms with van der Waals surface area (Å²) < 4.78 is 0. The maximum absolute atomic E-state index is 4.29. The highest BCUT2D eigenvalue weighted by atomic mass is 127. The highest BCUT2D eigenvalue weighted by Gasteiger charge is 2.07. The topological polar surface area (TPSA) is 52.5 Å². The number of hydrogen-bond donors (Lipinski definition) is 2. The lowest BCUT2D eigenvalue weighted by molar-refractivity contribution is 0.292. The minimum atomic E-state index is 0. The lowest BCUT2D eigenvalue weighted by atomic mass is 10.2. The summed E-state index contributed by atoms with van der Waals surface area (Å²) in [5.74, 6) is 0.862. The third kappa shape index (κ3) is 9.46. The van der Waals surface area contributed by atoms with Gasteiger partial charge in [-0.15, -0.1) is 35.3 Å². The maximum Gasteiger partial charge on any atom is 0.191 e. The molecule has 0 saturated carbocycles. The number of aromatic nitrogens is 1. The van der Waals surface area contributed by atoms with Gasteiger partial charge in [-0.1, -0.05) is 13.8 Å². The molecule has 1 unspecified atom stereocenters. The molecular formula is C16H32IN5S. The molecule has 0 fully saturated rings. The fourth-order valence-corrected chi connectivity index (χ4v) is 3.05. The molecule has 0 spiro atoms. The van der Waals surface area contributed by atoms with Crippen LogP contribution in [0.25, 0.3) is 0 Å². The largest absolute Gasteiger partial charge is 0.354 e. The molecule has 0 amide bonds. The van der Waals surface area contributed by atoms with Gasteiger partial charge in [-0.25, -0.2) is 4.98 Å². The Balaban J connectivity index is 0.00000484. The van der Waals surface area contributed by atoms with Gasteiger partial charge in [0.25, 0.3) is 0 Å². The van der Waals surface area contributed by atoms with Crippen LogP contribution in [0.5, 0.6) is 0 Å². The summed E-state index contributed by atoms with van der Waals surface area (Å²) in [7, 11) is 1.82. The van der Waals surface area contributed by atoms with E-state index in [1.54, 1.807) is 11.3 Å². The summed E-state index contributed by atoms with van der Waals surface area (Å²) in [6, 6.07) is 0.421. The Labute approximate surface area is 162 Å². The number of aliphatic imine (C=N–C) groups is 1. The number of guanidine groups is 1. The molecule has 0 aliphatic heterocycles. The van der Waals surface area contributed by atoms with Crippen molar-refractivity contribution in [3.05, 3.63) is 16.1 Å². The third-order valence-corrected chi connectivity index (χ3v) is 4.62. The van der Waals surface area contributed by atoms with E-state index in [9.17, 15) is 0 Å². The minimum absolute atomic E-state index is 0. The van der Waals surface area contributed by atoms with E-state index >= 15 is 0 Å². The standard InChI is InChI=1S/C16H31N5S.HI/c1-6-21(7-2)10-8-9-13(3)20-16(17-5)19-12-15-11-18-14(4)22-15;/h11,13H,6-10,12H2,1-5H3,(H2,17,19,20);1H. The molecule has 7 heteroatoms. The number of nitrogens with one attached hydrogen (secondary N) is 2. The van der Waals surface area contributed by atoms with Crippen LogP contribution in [-0.2, 0) is 6.54 Å². The fourth-order valence-electron chi connectivity index (χ4n) is 2.32. The van der Waals surface area contributed by atoms with Crippen molar-refractivity contribution in [3.63, 3.8) is 0 Å². The van der Waals surface area contributed by atoms with Crippen molar-refractivity contribution < 1.29 is 0 Å². The fraction of sp³-hybridized carbons (Fsp3) is 0.750. The third-order valence-electron chi connectivity index (χ3n) is 3.71. The molecule has 1 rings (SSSR count). The van der Waals surface area contributed by atoms with Crippen molar-refractivity contribution in [2.24, 2.45) is 4.99 Å². The first kappa shape index (κ1) is 22.6. The number of aryl methyl sites for hydroxylation is 1. The van der Waals surface area contributed by atoms with Gasteiger partial charge in [-0.2, -0.15) is 0 Å². The van der Waals surface area contributed by atoms with E-state index in [2.05, 4.69) is 46.3 Å². The molecule has 1 heterocycles. The number of nitrogens with zero attached hydrogens (tertiary/aromatic N) is 3. The molecule has 5 nitrogen and oxygen atoms in total. The molecule has 1 aromatic rings. The highest BCUT2D eigenvalue weighted by Crippen LogP contribution is 2.10. The molecule has 0 aliphatic rings. The van der Waals surface area contributed by atoms with Crippen LogP contribution in [0.4, 0.5) is 0 Å².